The molecule has 0 bridgehead atoms. The summed E-state index contributed by atoms with van der Waals surface area (Å²) >= 11 is 12.0. The molecule has 1 aromatic heterocycles. The lowest BCUT2D eigenvalue weighted by Crippen LogP contribution is -2.34. The topological polar surface area (TPSA) is 59.5 Å². The summed E-state index contributed by atoms with van der Waals surface area (Å²) in [6.45, 7) is 0.126. The van der Waals surface area contributed by atoms with Crippen molar-refractivity contribution in [2.24, 2.45) is 0 Å². The molecule has 0 aliphatic rings. The number of esters is 1. The summed E-state index contributed by atoms with van der Waals surface area (Å²) in [4.78, 5) is 29.7. The highest BCUT2D eigenvalue weighted by molar-refractivity contribution is 6.37. The van der Waals surface area contributed by atoms with Crippen molar-refractivity contribution in [3.8, 4) is 0 Å². The zero-order chi connectivity index (χ0) is 16.8. The van der Waals surface area contributed by atoms with E-state index in [1.54, 1.807) is 36.5 Å². The lowest BCUT2D eigenvalue weighted by atomic mass is 10.2. The van der Waals surface area contributed by atoms with Crippen molar-refractivity contribution in [1.82, 2.24) is 4.98 Å². The monoisotopic (exact) mass is 352 g/mol. The Morgan fingerprint density at radius 1 is 1.22 bits per heavy atom. The van der Waals surface area contributed by atoms with E-state index in [0.717, 1.165) is 0 Å². The molecule has 0 fully saturated rings. The third kappa shape index (κ3) is 4.43. The van der Waals surface area contributed by atoms with Gasteiger partial charge in [0.25, 0.3) is 5.91 Å². The first-order chi connectivity index (χ1) is 11.0. The van der Waals surface area contributed by atoms with Gasteiger partial charge in [-0.25, -0.2) is 4.98 Å². The van der Waals surface area contributed by atoms with Crippen molar-refractivity contribution >= 4 is 40.9 Å². The lowest BCUT2D eigenvalue weighted by Gasteiger charge is -2.21. The summed E-state index contributed by atoms with van der Waals surface area (Å²) in [5, 5.41) is 0.673. The fourth-order valence-corrected chi connectivity index (χ4v) is 2.44. The minimum atomic E-state index is -0.416. The minimum Gasteiger partial charge on any atom is -0.469 e. The van der Waals surface area contributed by atoms with Crippen LogP contribution in [0.3, 0.4) is 0 Å². The highest BCUT2D eigenvalue weighted by Gasteiger charge is 2.22. The van der Waals surface area contributed by atoms with Crippen molar-refractivity contribution in [3.63, 3.8) is 0 Å². The average Bonchev–Trinajstić information content (AvgIpc) is 2.55. The van der Waals surface area contributed by atoms with Gasteiger partial charge in [0.15, 0.2) is 0 Å². The summed E-state index contributed by atoms with van der Waals surface area (Å²) in [6.07, 6.45) is 1.61. The molecule has 1 amide bonds. The first-order valence-electron chi connectivity index (χ1n) is 6.77. The van der Waals surface area contributed by atoms with Crippen LogP contribution in [0.1, 0.15) is 16.8 Å². The summed E-state index contributed by atoms with van der Waals surface area (Å²) in [7, 11) is 1.30. The Bertz CT molecular complexity index is 708. The molecule has 5 nitrogen and oxygen atoms in total. The molecular weight excluding hydrogens is 339 g/mol. The van der Waals surface area contributed by atoms with E-state index in [9.17, 15) is 9.59 Å². The molecule has 7 heteroatoms. The number of aromatic nitrogens is 1. The summed E-state index contributed by atoms with van der Waals surface area (Å²) in [6, 6.07) is 9.79. The number of hydrogen-bond acceptors (Lipinski definition) is 4. The largest absolute Gasteiger partial charge is 0.469 e. The van der Waals surface area contributed by atoms with Crippen LogP contribution in [0, 0.1) is 0 Å². The molecule has 0 saturated carbocycles. The SMILES string of the molecule is COC(=O)CCN(C(=O)c1ccc(Cl)cc1Cl)c1ccccn1. The number of carbonyl (C=O) groups is 2. The van der Waals surface area contributed by atoms with E-state index in [0.29, 0.717) is 10.8 Å². The van der Waals surface area contributed by atoms with Crippen LogP contribution in [-0.2, 0) is 9.53 Å². The number of benzene rings is 1. The fourth-order valence-electron chi connectivity index (χ4n) is 1.95. The van der Waals surface area contributed by atoms with Crippen LogP contribution in [0.15, 0.2) is 42.6 Å². The maximum absolute atomic E-state index is 12.8. The van der Waals surface area contributed by atoms with Crippen LogP contribution in [-0.4, -0.2) is 30.5 Å². The molecule has 0 saturated heterocycles. The fraction of sp³-hybridized carbons (Fsp3) is 0.188. The van der Waals surface area contributed by atoms with E-state index in [2.05, 4.69) is 9.72 Å². The second-order valence-electron chi connectivity index (χ2n) is 4.60. The number of ether oxygens (including phenoxy) is 1. The van der Waals surface area contributed by atoms with E-state index in [1.165, 1.54) is 18.1 Å². The number of pyridine rings is 1. The first-order valence-corrected chi connectivity index (χ1v) is 7.53. The zero-order valence-corrected chi connectivity index (χ0v) is 13.8. The summed E-state index contributed by atoms with van der Waals surface area (Å²) < 4.78 is 4.62. The Labute approximate surface area is 143 Å². The molecule has 0 unspecified atom stereocenters. The molecule has 120 valence electrons. The number of methoxy groups -OCH3 is 1. The molecule has 0 radical (unpaired) electrons. The highest BCUT2D eigenvalue weighted by Crippen LogP contribution is 2.24. The van der Waals surface area contributed by atoms with Crippen molar-refractivity contribution < 1.29 is 14.3 Å². The predicted molar refractivity (Wildman–Crippen MR) is 89.0 cm³/mol. The molecule has 0 N–H and O–H groups in total. The van der Waals surface area contributed by atoms with E-state index >= 15 is 0 Å². The molecule has 1 heterocycles. The van der Waals surface area contributed by atoms with Crippen molar-refractivity contribution in [2.75, 3.05) is 18.6 Å². The van der Waals surface area contributed by atoms with Gasteiger partial charge >= 0.3 is 5.97 Å². The van der Waals surface area contributed by atoms with Gasteiger partial charge in [-0.1, -0.05) is 29.3 Å². The molecule has 0 aliphatic heterocycles. The van der Waals surface area contributed by atoms with E-state index in [-0.39, 0.29) is 29.5 Å². The smallest absolute Gasteiger partial charge is 0.307 e. The van der Waals surface area contributed by atoms with Crippen molar-refractivity contribution in [1.29, 1.82) is 0 Å². The van der Waals surface area contributed by atoms with Crippen LogP contribution >= 0.6 is 23.2 Å². The van der Waals surface area contributed by atoms with Gasteiger partial charge in [0, 0.05) is 17.8 Å². The van der Waals surface area contributed by atoms with E-state index in [4.69, 9.17) is 23.2 Å². The van der Waals surface area contributed by atoms with Gasteiger partial charge in [0.1, 0.15) is 5.82 Å². The molecule has 2 aromatic rings. The van der Waals surface area contributed by atoms with Gasteiger partial charge < -0.3 is 4.74 Å². The van der Waals surface area contributed by atoms with Gasteiger partial charge in [-0.2, -0.15) is 0 Å². The highest BCUT2D eigenvalue weighted by atomic mass is 35.5. The Morgan fingerprint density at radius 2 is 2.00 bits per heavy atom. The first kappa shape index (κ1) is 17.2. The van der Waals surface area contributed by atoms with Crippen LogP contribution in [0.5, 0.6) is 0 Å². The molecule has 23 heavy (non-hydrogen) atoms. The molecular formula is C16H14Cl2N2O3. The van der Waals surface area contributed by atoms with Crippen LogP contribution < -0.4 is 4.90 Å². The number of halogens is 2. The van der Waals surface area contributed by atoms with Crippen molar-refractivity contribution in [3.05, 3.63) is 58.2 Å². The van der Waals surface area contributed by atoms with Crippen LogP contribution in [0.4, 0.5) is 5.82 Å². The van der Waals surface area contributed by atoms with Crippen molar-refractivity contribution in [2.45, 2.75) is 6.42 Å². The third-order valence-electron chi connectivity index (χ3n) is 3.10. The number of amides is 1. The number of hydrogen-bond donors (Lipinski definition) is 0. The van der Waals surface area contributed by atoms with Gasteiger partial charge in [-0.15, -0.1) is 0 Å². The molecule has 1 aromatic carbocycles. The van der Waals surface area contributed by atoms with Gasteiger partial charge in [-0.05, 0) is 30.3 Å². The molecule has 0 aliphatic carbocycles. The number of carbonyl (C=O) groups excluding carboxylic acids is 2. The average molecular weight is 353 g/mol. The normalized spacial score (nSPS) is 10.2. The molecule has 0 spiro atoms. The summed E-state index contributed by atoms with van der Waals surface area (Å²) in [5.41, 5.74) is 0.284. The van der Waals surface area contributed by atoms with Crippen LogP contribution in [0.2, 0.25) is 10.0 Å². The lowest BCUT2D eigenvalue weighted by molar-refractivity contribution is -0.140. The Hall–Kier alpha value is -2.11. The van der Waals surface area contributed by atoms with E-state index < -0.39 is 5.97 Å². The zero-order valence-electron chi connectivity index (χ0n) is 12.3. The van der Waals surface area contributed by atoms with Gasteiger partial charge in [-0.3, -0.25) is 14.5 Å². The number of nitrogens with zero attached hydrogens (tertiary/aromatic N) is 2. The predicted octanol–water partition coefficient (Wildman–Crippen LogP) is 3.60. The number of anilines is 1. The van der Waals surface area contributed by atoms with Gasteiger partial charge in [0.2, 0.25) is 0 Å². The van der Waals surface area contributed by atoms with Crippen LogP contribution in [0.25, 0.3) is 0 Å². The second kappa shape index (κ2) is 7.94. The number of rotatable bonds is 5. The molecule has 2 rings (SSSR count). The Kier molecular flexibility index (Phi) is 5.96. The maximum atomic E-state index is 12.8. The summed E-state index contributed by atoms with van der Waals surface area (Å²) in [5.74, 6) is -0.359. The second-order valence-corrected chi connectivity index (χ2v) is 5.44. The standard InChI is InChI=1S/C16H14Cl2N2O3/c1-23-15(21)7-9-20(14-4-2-3-8-19-14)16(22)12-6-5-11(17)10-13(12)18/h2-6,8,10H,7,9H2,1H3. The van der Waals surface area contributed by atoms with Gasteiger partial charge in [0.05, 0.1) is 24.1 Å². The quantitative estimate of drug-likeness (QED) is 0.771. The maximum Gasteiger partial charge on any atom is 0.307 e. The van der Waals surface area contributed by atoms with E-state index in [1.807, 2.05) is 0 Å². The Morgan fingerprint density at radius 3 is 2.61 bits per heavy atom. The minimum absolute atomic E-state index is 0.0457. The third-order valence-corrected chi connectivity index (χ3v) is 3.65. The molecule has 0 atom stereocenters. The Balaban J connectivity index is 2.32.